The van der Waals surface area contributed by atoms with Crippen LogP contribution < -0.4 is 0 Å². The van der Waals surface area contributed by atoms with Crippen LogP contribution >= 0.6 is 11.8 Å². The lowest BCUT2D eigenvalue weighted by Crippen LogP contribution is -1.74. The maximum Gasteiger partial charge on any atom is 0.256 e. The van der Waals surface area contributed by atoms with Gasteiger partial charge in [-0.2, -0.15) is 0 Å². The summed E-state index contributed by atoms with van der Waals surface area (Å²) in [4.78, 5) is 4.33. The van der Waals surface area contributed by atoms with Crippen molar-refractivity contribution in [2.75, 3.05) is 6.26 Å². The van der Waals surface area contributed by atoms with Gasteiger partial charge in [-0.1, -0.05) is 23.9 Å². The number of thioether (sulfide) groups is 1. The molecule has 0 saturated heterocycles. The molecule has 0 aliphatic heterocycles. The maximum atomic E-state index is 5.45. The van der Waals surface area contributed by atoms with Crippen molar-refractivity contribution >= 4 is 22.9 Å². The predicted molar refractivity (Wildman–Crippen MR) is 50.5 cm³/mol. The lowest BCUT2D eigenvalue weighted by molar-refractivity contribution is 0.490. The van der Waals surface area contributed by atoms with E-state index in [-0.39, 0.29) is 0 Å². The van der Waals surface area contributed by atoms with Crippen LogP contribution in [0, 0.1) is 6.92 Å². The molecule has 0 saturated carbocycles. The molecule has 0 radical (unpaired) electrons. The van der Waals surface area contributed by atoms with Crippen LogP contribution in [-0.2, 0) is 0 Å². The van der Waals surface area contributed by atoms with Crippen LogP contribution in [0.3, 0.4) is 0 Å². The zero-order chi connectivity index (χ0) is 8.55. The number of aryl methyl sites for hydroxylation is 1. The second-order valence-electron chi connectivity index (χ2n) is 2.61. The number of benzene rings is 1. The molecule has 1 heterocycles. The van der Waals surface area contributed by atoms with E-state index in [1.165, 1.54) is 11.8 Å². The fraction of sp³-hybridized carbons (Fsp3) is 0.222. The summed E-state index contributed by atoms with van der Waals surface area (Å²) in [5.41, 5.74) is 3.01. The van der Waals surface area contributed by atoms with Gasteiger partial charge in [0.1, 0.15) is 5.52 Å². The summed E-state index contributed by atoms with van der Waals surface area (Å²) in [5, 5.41) is 0.735. The highest BCUT2D eigenvalue weighted by molar-refractivity contribution is 7.98. The largest absolute Gasteiger partial charge is 0.431 e. The molecule has 0 bridgehead atoms. The molecule has 2 aromatic rings. The number of hydrogen-bond donors (Lipinski definition) is 0. The molecule has 0 amide bonds. The fourth-order valence-corrected chi connectivity index (χ4v) is 1.51. The van der Waals surface area contributed by atoms with Crippen LogP contribution in [0.15, 0.2) is 27.8 Å². The first-order valence-corrected chi connectivity index (χ1v) is 4.94. The first-order chi connectivity index (χ1) is 5.81. The summed E-state index contributed by atoms with van der Waals surface area (Å²) >= 11 is 1.53. The second-order valence-corrected chi connectivity index (χ2v) is 3.36. The standard InChI is InChI=1S/C9H9NOS/c1-6-4-3-5-7-8(6)10-9(11-7)12-2/h3-5H,1-2H3. The number of hydrogen-bond acceptors (Lipinski definition) is 3. The average Bonchev–Trinajstić information content (AvgIpc) is 2.49. The SMILES string of the molecule is CSc1nc2c(C)cccc2o1. The normalized spacial score (nSPS) is 10.8. The van der Waals surface area contributed by atoms with E-state index < -0.39 is 0 Å². The number of oxazole rings is 1. The molecule has 2 rings (SSSR count). The minimum Gasteiger partial charge on any atom is -0.431 e. The molecule has 0 fully saturated rings. The number of aromatic nitrogens is 1. The molecule has 2 nitrogen and oxygen atoms in total. The van der Waals surface area contributed by atoms with Gasteiger partial charge in [-0.15, -0.1) is 0 Å². The Kier molecular flexibility index (Phi) is 1.81. The van der Waals surface area contributed by atoms with Gasteiger partial charge in [-0.05, 0) is 24.8 Å². The lowest BCUT2D eigenvalue weighted by Gasteiger charge is -1.88. The summed E-state index contributed by atoms with van der Waals surface area (Å²) in [7, 11) is 0. The summed E-state index contributed by atoms with van der Waals surface area (Å²) in [6.45, 7) is 2.04. The highest BCUT2D eigenvalue weighted by Gasteiger charge is 2.04. The molecule has 12 heavy (non-hydrogen) atoms. The Bertz CT molecular complexity index is 408. The molecule has 0 aliphatic carbocycles. The van der Waals surface area contributed by atoms with Gasteiger partial charge in [0, 0.05) is 0 Å². The van der Waals surface area contributed by atoms with Crippen molar-refractivity contribution in [3.05, 3.63) is 23.8 Å². The molecule has 0 N–H and O–H groups in total. The van der Waals surface area contributed by atoms with Gasteiger partial charge in [0.15, 0.2) is 5.58 Å². The maximum absolute atomic E-state index is 5.45. The Labute approximate surface area is 75.0 Å². The zero-order valence-electron chi connectivity index (χ0n) is 7.00. The van der Waals surface area contributed by atoms with Gasteiger partial charge in [-0.25, -0.2) is 4.98 Å². The van der Waals surface area contributed by atoms with Gasteiger partial charge in [-0.3, -0.25) is 0 Å². The number of rotatable bonds is 1. The molecule has 1 aromatic heterocycles. The molecular formula is C9H9NOS. The van der Waals surface area contributed by atoms with Gasteiger partial charge in [0.2, 0.25) is 0 Å². The number of nitrogens with zero attached hydrogens (tertiary/aromatic N) is 1. The summed E-state index contributed by atoms with van der Waals surface area (Å²) in [5.74, 6) is 0. The third-order valence-electron chi connectivity index (χ3n) is 1.78. The lowest BCUT2D eigenvalue weighted by atomic mass is 10.2. The smallest absolute Gasteiger partial charge is 0.256 e. The van der Waals surface area contributed by atoms with Crippen molar-refractivity contribution in [2.45, 2.75) is 12.1 Å². The predicted octanol–water partition coefficient (Wildman–Crippen LogP) is 2.86. The van der Waals surface area contributed by atoms with Crippen LogP contribution in [0.1, 0.15) is 5.56 Å². The first kappa shape index (κ1) is 7.68. The van der Waals surface area contributed by atoms with Gasteiger partial charge < -0.3 is 4.42 Å². The highest BCUT2D eigenvalue weighted by atomic mass is 32.2. The molecular weight excluding hydrogens is 170 g/mol. The number of para-hydroxylation sites is 1. The van der Waals surface area contributed by atoms with E-state index in [2.05, 4.69) is 4.98 Å². The monoisotopic (exact) mass is 179 g/mol. The molecule has 62 valence electrons. The number of fused-ring (bicyclic) bond motifs is 1. The quantitative estimate of drug-likeness (QED) is 0.629. The molecule has 1 aromatic carbocycles. The Morgan fingerprint density at radius 2 is 2.25 bits per heavy atom. The Morgan fingerprint density at radius 3 is 2.92 bits per heavy atom. The summed E-state index contributed by atoms with van der Waals surface area (Å²) in [6.07, 6.45) is 1.96. The zero-order valence-corrected chi connectivity index (χ0v) is 7.81. The van der Waals surface area contributed by atoms with Crippen molar-refractivity contribution in [2.24, 2.45) is 0 Å². The molecule has 0 aliphatic rings. The van der Waals surface area contributed by atoms with E-state index in [9.17, 15) is 0 Å². The first-order valence-electron chi connectivity index (χ1n) is 3.71. The van der Waals surface area contributed by atoms with E-state index in [1.807, 2.05) is 31.4 Å². The molecule has 0 spiro atoms. The van der Waals surface area contributed by atoms with Gasteiger partial charge in [0.05, 0.1) is 0 Å². The minimum atomic E-state index is 0.735. The third kappa shape index (κ3) is 1.10. The van der Waals surface area contributed by atoms with Crippen molar-refractivity contribution in [1.29, 1.82) is 0 Å². The van der Waals surface area contributed by atoms with E-state index in [1.54, 1.807) is 0 Å². The van der Waals surface area contributed by atoms with Crippen LogP contribution in [0.25, 0.3) is 11.1 Å². The Morgan fingerprint density at radius 1 is 1.42 bits per heavy atom. The van der Waals surface area contributed by atoms with Gasteiger partial charge >= 0.3 is 0 Å². The fourth-order valence-electron chi connectivity index (χ4n) is 1.15. The Hall–Kier alpha value is -0.960. The minimum absolute atomic E-state index is 0.735. The van der Waals surface area contributed by atoms with E-state index in [0.717, 1.165) is 21.9 Å². The Balaban J connectivity index is 2.74. The average molecular weight is 179 g/mol. The van der Waals surface area contributed by atoms with E-state index >= 15 is 0 Å². The summed E-state index contributed by atoms with van der Waals surface area (Å²) < 4.78 is 5.45. The second kappa shape index (κ2) is 2.83. The van der Waals surface area contributed by atoms with E-state index in [4.69, 9.17) is 4.42 Å². The topological polar surface area (TPSA) is 26.0 Å². The van der Waals surface area contributed by atoms with E-state index in [0.29, 0.717) is 0 Å². The van der Waals surface area contributed by atoms with Crippen LogP contribution in [-0.4, -0.2) is 11.2 Å². The van der Waals surface area contributed by atoms with Crippen molar-refractivity contribution in [3.63, 3.8) is 0 Å². The van der Waals surface area contributed by atoms with Crippen LogP contribution in [0.5, 0.6) is 0 Å². The third-order valence-corrected chi connectivity index (χ3v) is 2.30. The van der Waals surface area contributed by atoms with Crippen molar-refractivity contribution in [3.8, 4) is 0 Å². The van der Waals surface area contributed by atoms with Gasteiger partial charge in [0.25, 0.3) is 5.22 Å². The highest BCUT2D eigenvalue weighted by Crippen LogP contribution is 2.23. The van der Waals surface area contributed by atoms with Crippen LogP contribution in [0.4, 0.5) is 0 Å². The van der Waals surface area contributed by atoms with Crippen LogP contribution in [0.2, 0.25) is 0 Å². The molecule has 0 unspecified atom stereocenters. The molecule has 0 atom stereocenters. The summed E-state index contributed by atoms with van der Waals surface area (Å²) in [6, 6.07) is 5.96. The van der Waals surface area contributed by atoms with Crippen molar-refractivity contribution in [1.82, 2.24) is 4.98 Å². The molecule has 3 heteroatoms. The van der Waals surface area contributed by atoms with Crippen molar-refractivity contribution < 1.29 is 4.42 Å².